The molecular formula is C17H15BrN2O3S2. The molecule has 3 aliphatic heterocycles. The third-order valence-electron chi connectivity index (χ3n) is 4.59. The van der Waals surface area contributed by atoms with E-state index in [0.717, 1.165) is 35.2 Å². The van der Waals surface area contributed by atoms with Gasteiger partial charge in [-0.2, -0.15) is 0 Å². The van der Waals surface area contributed by atoms with Gasteiger partial charge in [0.05, 0.1) is 28.8 Å². The highest BCUT2D eigenvalue weighted by atomic mass is 79.9. The van der Waals surface area contributed by atoms with Crippen LogP contribution in [0, 0.1) is 0 Å². The second-order valence-corrected chi connectivity index (χ2v) is 8.71. The van der Waals surface area contributed by atoms with Crippen LogP contribution in [-0.4, -0.2) is 47.3 Å². The number of halogens is 1. The zero-order chi connectivity index (χ0) is 17.7. The smallest absolute Gasteiger partial charge is 0.267 e. The van der Waals surface area contributed by atoms with Gasteiger partial charge >= 0.3 is 0 Å². The van der Waals surface area contributed by atoms with Gasteiger partial charge in [-0.05, 0) is 31.0 Å². The van der Waals surface area contributed by atoms with E-state index in [0.29, 0.717) is 21.3 Å². The molecule has 0 radical (unpaired) electrons. The van der Waals surface area contributed by atoms with Crippen LogP contribution < -0.4 is 4.90 Å². The van der Waals surface area contributed by atoms with Crippen LogP contribution in [-0.2, 0) is 14.3 Å². The quantitative estimate of drug-likeness (QED) is 0.524. The van der Waals surface area contributed by atoms with E-state index in [-0.39, 0.29) is 17.9 Å². The summed E-state index contributed by atoms with van der Waals surface area (Å²) in [5, 5.41) is 0. The van der Waals surface area contributed by atoms with E-state index in [2.05, 4.69) is 15.9 Å². The van der Waals surface area contributed by atoms with Gasteiger partial charge < -0.3 is 9.64 Å². The van der Waals surface area contributed by atoms with Crippen LogP contribution in [0.15, 0.2) is 27.6 Å². The van der Waals surface area contributed by atoms with Crippen molar-refractivity contribution in [2.24, 2.45) is 0 Å². The molecule has 8 heteroatoms. The maximum Gasteiger partial charge on any atom is 0.267 e. The average Bonchev–Trinajstić information content (AvgIpc) is 3.24. The molecule has 0 spiro atoms. The Morgan fingerprint density at radius 1 is 1.36 bits per heavy atom. The van der Waals surface area contributed by atoms with E-state index in [1.807, 2.05) is 18.2 Å². The number of carbonyl (C=O) groups excluding carboxylic acids is 2. The van der Waals surface area contributed by atoms with Crippen LogP contribution in [0.4, 0.5) is 5.69 Å². The number of thiocarbonyl (C=S) groups is 1. The maximum absolute atomic E-state index is 13.0. The first-order valence-electron chi connectivity index (χ1n) is 7.95. The van der Waals surface area contributed by atoms with E-state index >= 15 is 0 Å². The number of thioether (sulfide) groups is 1. The minimum absolute atomic E-state index is 0.0234. The summed E-state index contributed by atoms with van der Waals surface area (Å²) in [5.41, 5.74) is 2.00. The van der Waals surface area contributed by atoms with Gasteiger partial charge in [0, 0.05) is 23.7 Å². The summed E-state index contributed by atoms with van der Waals surface area (Å²) >= 11 is 10.0. The summed E-state index contributed by atoms with van der Waals surface area (Å²) in [6.45, 7) is 1.18. The van der Waals surface area contributed by atoms with Crippen LogP contribution in [0.1, 0.15) is 18.4 Å². The molecule has 0 aromatic heterocycles. The monoisotopic (exact) mass is 438 g/mol. The SMILES string of the molecule is CN1C(=O)C(=C2SC(=S)N(CC3CCCO3)C2=O)c2cc(Br)ccc21. The summed E-state index contributed by atoms with van der Waals surface area (Å²) in [7, 11) is 1.72. The van der Waals surface area contributed by atoms with Crippen LogP contribution >= 0.6 is 39.9 Å². The van der Waals surface area contributed by atoms with E-state index in [1.54, 1.807) is 16.8 Å². The number of rotatable bonds is 2. The lowest BCUT2D eigenvalue weighted by atomic mass is 10.1. The number of carbonyl (C=O) groups is 2. The Labute approximate surface area is 163 Å². The van der Waals surface area contributed by atoms with Crippen molar-refractivity contribution in [2.45, 2.75) is 18.9 Å². The molecule has 130 valence electrons. The van der Waals surface area contributed by atoms with Gasteiger partial charge in [-0.1, -0.05) is 39.9 Å². The molecule has 1 aromatic rings. The number of hydrogen-bond donors (Lipinski definition) is 0. The number of anilines is 1. The minimum atomic E-state index is -0.199. The van der Waals surface area contributed by atoms with Gasteiger partial charge in [-0.3, -0.25) is 14.5 Å². The Morgan fingerprint density at radius 2 is 2.16 bits per heavy atom. The zero-order valence-electron chi connectivity index (χ0n) is 13.5. The van der Waals surface area contributed by atoms with Crippen molar-refractivity contribution >= 4 is 67.3 Å². The number of likely N-dealkylation sites (N-methyl/N-ethyl adjacent to an activating group) is 1. The number of fused-ring (bicyclic) bond motifs is 1. The Balaban J connectivity index is 1.73. The van der Waals surface area contributed by atoms with Gasteiger partial charge in [0.25, 0.3) is 11.8 Å². The van der Waals surface area contributed by atoms with Gasteiger partial charge in [-0.25, -0.2) is 0 Å². The molecule has 0 N–H and O–H groups in total. The van der Waals surface area contributed by atoms with Crippen molar-refractivity contribution < 1.29 is 14.3 Å². The van der Waals surface area contributed by atoms with Crippen LogP contribution in [0.5, 0.6) is 0 Å². The molecule has 2 fully saturated rings. The second-order valence-electron chi connectivity index (χ2n) is 6.15. The fourth-order valence-electron chi connectivity index (χ4n) is 3.31. The largest absolute Gasteiger partial charge is 0.376 e. The van der Waals surface area contributed by atoms with Crippen molar-refractivity contribution in [2.75, 3.05) is 25.1 Å². The van der Waals surface area contributed by atoms with E-state index in [4.69, 9.17) is 17.0 Å². The molecule has 3 aliphatic rings. The van der Waals surface area contributed by atoms with E-state index in [1.165, 1.54) is 11.8 Å². The topological polar surface area (TPSA) is 49.9 Å². The fourth-order valence-corrected chi connectivity index (χ4v) is 5.02. The van der Waals surface area contributed by atoms with Gasteiger partial charge in [0.15, 0.2) is 0 Å². The number of ether oxygens (including phenoxy) is 1. The molecule has 1 aromatic carbocycles. The maximum atomic E-state index is 13.0. The molecule has 1 unspecified atom stereocenters. The van der Waals surface area contributed by atoms with Crippen molar-refractivity contribution in [3.63, 3.8) is 0 Å². The highest BCUT2D eigenvalue weighted by Crippen LogP contribution is 2.45. The molecule has 25 heavy (non-hydrogen) atoms. The normalized spacial score (nSPS) is 26.2. The molecule has 1 atom stereocenters. The Kier molecular flexibility index (Phi) is 4.47. The first-order valence-corrected chi connectivity index (χ1v) is 9.96. The van der Waals surface area contributed by atoms with Gasteiger partial charge in [0.1, 0.15) is 4.32 Å². The summed E-state index contributed by atoms with van der Waals surface area (Å²) < 4.78 is 6.97. The molecule has 4 rings (SSSR count). The lowest BCUT2D eigenvalue weighted by Gasteiger charge is -2.18. The predicted molar refractivity (Wildman–Crippen MR) is 105 cm³/mol. The Hall–Kier alpha value is -1.22. The van der Waals surface area contributed by atoms with Crippen molar-refractivity contribution in [3.05, 3.63) is 33.1 Å². The van der Waals surface area contributed by atoms with E-state index in [9.17, 15) is 9.59 Å². The van der Waals surface area contributed by atoms with Crippen molar-refractivity contribution in [1.29, 1.82) is 0 Å². The second kappa shape index (κ2) is 6.50. The number of benzene rings is 1. The van der Waals surface area contributed by atoms with Crippen molar-refractivity contribution in [1.82, 2.24) is 4.90 Å². The summed E-state index contributed by atoms with van der Waals surface area (Å²) in [6, 6.07) is 5.63. The summed E-state index contributed by atoms with van der Waals surface area (Å²) in [4.78, 5) is 29.3. The Morgan fingerprint density at radius 3 is 2.88 bits per heavy atom. The van der Waals surface area contributed by atoms with Gasteiger partial charge in [-0.15, -0.1) is 0 Å². The van der Waals surface area contributed by atoms with Crippen molar-refractivity contribution in [3.8, 4) is 0 Å². The van der Waals surface area contributed by atoms with Crippen LogP contribution in [0.3, 0.4) is 0 Å². The first kappa shape index (κ1) is 17.2. The highest BCUT2D eigenvalue weighted by molar-refractivity contribution is 9.10. The lowest BCUT2D eigenvalue weighted by Crippen LogP contribution is -2.35. The van der Waals surface area contributed by atoms with Crippen LogP contribution in [0.25, 0.3) is 5.57 Å². The summed E-state index contributed by atoms with van der Waals surface area (Å²) in [6.07, 6.45) is 1.96. The molecule has 0 bridgehead atoms. The number of nitrogens with zero attached hydrogens (tertiary/aromatic N) is 2. The average molecular weight is 439 g/mol. The molecule has 2 saturated heterocycles. The molecule has 5 nitrogen and oxygen atoms in total. The third-order valence-corrected chi connectivity index (χ3v) is 6.54. The molecular weight excluding hydrogens is 424 g/mol. The highest BCUT2D eigenvalue weighted by Gasteiger charge is 2.42. The number of amides is 2. The molecule has 2 amide bonds. The summed E-state index contributed by atoms with van der Waals surface area (Å²) in [5.74, 6) is -0.374. The standard InChI is InChI=1S/C17H15BrN2O3S2/c1-19-12-5-4-9(18)7-11(12)13(15(19)21)14-16(22)20(17(24)25-14)8-10-3-2-6-23-10/h4-5,7,10H,2-3,6,8H2,1H3. The molecule has 3 heterocycles. The number of hydrogen-bond acceptors (Lipinski definition) is 5. The Bertz CT molecular complexity index is 833. The molecule has 0 saturated carbocycles. The van der Waals surface area contributed by atoms with Gasteiger partial charge in [0.2, 0.25) is 0 Å². The van der Waals surface area contributed by atoms with Crippen LogP contribution in [0.2, 0.25) is 0 Å². The van der Waals surface area contributed by atoms with E-state index < -0.39 is 0 Å². The molecule has 0 aliphatic carbocycles. The predicted octanol–water partition coefficient (Wildman–Crippen LogP) is 3.18. The first-order chi connectivity index (χ1) is 12.0. The minimum Gasteiger partial charge on any atom is -0.376 e. The fraction of sp³-hybridized carbons (Fsp3) is 0.353. The lowest BCUT2D eigenvalue weighted by molar-refractivity contribution is -0.123. The third kappa shape index (κ3) is 2.85. The zero-order valence-corrected chi connectivity index (χ0v) is 16.7.